The van der Waals surface area contributed by atoms with Crippen molar-refractivity contribution in [3.8, 4) is 0 Å². The van der Waals surface area contributed by atoms with E-state index in [2.05, 4.69) is 21.2 Å². The fraction of sp³-hybridized carbons (Fsp3) is 0.500. The van der Waals surface area contributed by atoms with E-state index in [0.29, 0.717) is 28.0 Å². The fourth-order valence-electron chi connectivity index (χ4n) is 4.84. The Hall–Kier alpha value is -3.40. The van der Waals surface area contributed by atoms with Crippen molar-refractivity contribution >= 4 is 67.2 Å². The minimum Gasteiger partial charge on any atom is -0.465 e. The summed E-state index contributed by atoms with van der Waals surface area (Å²) < 4.78 is 37.3. The molecule has 0 spiro atoms. The molecule has 1 heterocycles. The summed E-state index contributed by atoms with van der Waals surface area (Å²) in [6.45, 7) is 12.3. The second kappa shape index (κ2) is 15.4. The molecular formula is C32H42BrClN4O9S. The summed E-state index contributed by atoms with van der Waals surface area (Å²) in [4.78, 5) is 57.1. The number of amides is 4. The number of imide groups is 1. The molecule has 48 heavy (non-hydrogen) atoms. The van der Waals surface area contributed by atoms with E-state index in [0.717, 1.165) is 0 Å². The number of nitrogens with one attached hydrogen (secondary N) is 1. The first-order valence-corrected chi connectivity index (χ1v) is 18.0. The van der Waals surface area contributed by atoms with Crippen molar-refractivity contribution in [2.75, 3.05) is 36.8 Å². The largest absolute Gasteiger partial charge is 0.465 e. The van der Waals surface area contributed by atoms with Crippen molar-refractivity contribution in [1.29, 1.82) is 0 Å². The molecule has 2 N–H and O–H groups in total. The molecule has 4 amide bonds. The highest BCUT2D eigenvalue weighted by Gasteiger charge is 2.37. The highest BCUT2D eigenvalue weighted by molar-refractivity contribution is 9.10. The van der Waals surface area contributed by atoms with E-state index < -0.39 is 45.2 Å². The maximum Gasteiger partial charge on any atom is 0.424 e. The van der Waals surface area contributed by atoms with Gasteiger partial charge in [-0.05, 0) is 83.0 Å². The summed E-state index contributed by atoms with van der Waals surface area (Å²) in [5.41, 5.74) is -1.66. The van der Waals surface area contributed by atoms with E-state index >= 15 is 0 Å². The Morgan fingerprint density at radius 3 is 2.00 bits per heavy atom. The highest BCUT2D eigenvalue weighted by atomic mass is 79.9. The predicted octanol–water partition coefficient (Wildman–Crippen LogP) is 6.30. The van der Waals surface area contributed by atoms with Crippen molar-refractivity contribution < 1.29 is 42.2 Å². The summed E-state index contributed by atoms with van der Waals surface area (Å²) in [5, 5.41) is 12.4. The van der Waals surface area contributed by atoms with Crippen LogP contribution in [0.4, 0.5) is 20.1 Å². The number of ether oxygens (including phenoxy) is 2. The number of carbonyl (C=O) groups excluding carboxylic acids is 3. The Morgan fingerprint density at radius 2 is 1.50 bits per heavy atom. The van der Waals surface area contributed by atoms with Crippen LogP contribution in [0.2, 0.25) is 5.02 Å². The standard InChI is InChI=1S/C32H42BrClN4O9S/c1-8-48(44,45)25-10-9-23(34)16-20(25)18-35-27(39)24-17-22(33)15-21(19-36-11-13-37(14-12-36)28(40)41)26(24)38(29(42)46-31(2,3)4)30(43)47-32(5,6)7/h9-10,15-17H,8,11-14,18-19H2,1-7H3,(H,35,39)(H,40,41). The van der Waals surface area contributed by atoms with Crippen LogP contribution in [0.15, 0.2) is 39.7 Å². The van der Waals surface area contributed by atoms with Crippen LogP contribution in [0.25, 0.3) is 0 Å². The molecule has 0 bridgehead atoms. The molecule has 0 aromatic heterocycles. The van der Waals surface area contributed by atoms with Gasteiger partial charge in [0.1, 0.15) is 11.2 Å². The molecule has 0 atom stereocenters. The monoisotopic (exact) mass is 772 g/mol. The number of halogens is 2. The van der Waals surface area contributed by atoms with Crippen LogP contribution >= 0.6 is 27.5 Å². The average molecular weight is 774 g/mol. The second-order valence-electron chi connectivity index (χ2n) is 13.1. The Balaban J connectivity index is 2.17. The average Bonchev–Trinajstić information content (AvgIpc) is 2.95. The molecule has 0 unspecified atom stereocenters. The molecule has 13 nitrogen and oxygen atoms in total. The molecule has 1 aliphatic rings. The van der Waals surface area contributed by atoms with Gasteiger partial charge in [-0.3, -0.25) is 9.69 Å². The molecular weight excluding hydrogens is 732 g/mol. The third kappa shape index (κ3) is 10.5. The van der Waals surface area contributed by atoms with Gasteiger partial charge in [0.15, 0.2) is 9.84 Å². The number of sulfone groups is 1. The number of benzene rings is 2. The van der Waals surface area contributed by atoms with Crippen molar-refractivity contribution in [3.05, 3.63) is 56.5 Å². The molecule has 0 radical (unpaired) electrons. The van der Waals surface area contributed by atoms with Crippen LogP contribution in [0.1, 0.15) is 70.0 Å². The SMILES string of the molecule is CCS(=O)(=O)c1ccc(Cl)cc1CNC(=O)c1cc(Br)cc(CN2CCN(C(=O)O)CC2)c1N(C(=O)OC(C)(C)C)C(=O)OC(C)(C)C. The van der Waals surface area contributed by atoms with E-state index in [-0.39, 0.29) is 58.7 Å². The Labute approximate surface area is 294 Å². The first-order chi connectivity index (χ1) is 22.1. The van der Waals surface area contributed by atoms with Crippen molar-refractivity contribution in [1.82, 2.24) is 15.1 Å². The molecule has 1 fully saturated rings. The number of rotatable bonds is 8. The third-order valence-electron chi connectivity index (χ3n) is 6.99. The second-order valence-corrected chi connectivity index (χ2v) is 16.7. The van der Waals surface area contributed by atoms with Gasteiger partial charge < -0.3 is 24.8 Å². The van der Waals surface area contributed by atoms with Gasteiger partial charge in [0.2, 0.25) is 0 Å². The fourth-order valence-corrected chi connectivity index (χ4v) is 6.66. The Kier molecular flexibility index (Phi) is 12.6. The van der Waals surface area contributed by atoms with E-state index in [1.54, 1.807) is 47.6 Å². The van der Waals surface area contributed by atoms with E-state index in [1.807, 2.05) is 4.90 Å². The van der Waals surface area contributed by atoms with Crippen molar-refractivity contribution in [2.24, 2.45) is 0 Å². The maximum atomic E-state index is 14.1. The summed E-state index contributed by atoms with van der Waals surface area (Å²) in [5.74, 6) is -0.906. The number of anilines is 1. The number of nitrogens with zero attached hydrogens (tertiary/aromatic N) is 3. The Morgan fingerprint density at radius 1 is 0.938 bits per heavy atom. The van der Waals surface area contributed by atoms with E-state index in [9.17, 15) is 32.7 Å². The maximum absolute atomic E-state index is 14.1. The van der Waals surface area contributed by atoms with Gasteiger partial charge in [0.05, 0.1) is 21.9 Å². The number of hydrogen-bond donors (Lipinski definition) is 2. The molecule has 1 aliphatic heterocycles. The summed E-state index contributed by atoms with van der Waals surface area (Å²) in [7, 11) is -3.67. The normalized spacial score (nSPS) is 14.3. The number of carboxylic acid groups (broad SMARTS) is 1. The van der Waals surface area contributed by atoms with Crippen molar-refractivity contribution in [3.63, 3.8) is 0 Å². The van der Waals surface area contributed by atoms with Crippen LogP contribution in [0.5, 0.6) is 0 Å². The zero-order valence-corrected chi connectivity index (χ0v) is 31.2. The lowest BCUT2D eigenvalue weighted by Crippen LogP contribution is -2.48. The van der Waals surface area contributed by atoms with Crippen molar-refractivity contribution in [2.45, 2.75) is 77.7 Å². The molecule has 0 saturated carbocycles. The Bertz CT molecular complexity index is 1640. The van der Waals surface area contributed by atoms with Gasteiger partial charge in [-0.1, -0.05) is 34.5 Å². The van der Waals surface area contributed by atoms with Crippen LogP contribution in [-0.4, -0.2) is 90.6 Å². The lowest BCUT2D eigenvalue weighted by molar-refractivity contribution is 0.0428. The van der Waals surface area contributed by atoms with Gasteiger partial charge in [0.25, 0.3) is 5.91 Å². The van der Waals surface area contributed by atoms with Gasteiger partial charge in [-0.15, -0.1) is 0 Å². The first kappa shape index (κ1) is 39.0. The van der Waals surface area contributed by atoms with Gasteiger partial charge in [-0.2, -0.15) is 4.90 Å². The number of carbonyl (C=O) groups is 4. The quantitative estimate of drug-likeness (QED) is 0.312. The molecule has 264 valence electrons. The minimum absolute atomic E-state index is 0.00879. The molecule has 3 rings (SSSR count). The lowest BCUT2D eigenvalue weighted by Gasteiger charge is -2.35. The summed E-state index contributed by atoms with van der Waals surface area (Å²) in [6.07, 6.45) is -3.21. The van der Waals surface area contributed by atoms with Gasteiger partial charge >= 0.3 is 18.3 Å². The molecule has 16 heteroatoms. The lowest BCUT2D eigenvalue weighted by atomic mass is 10.0. The minimum atomic E-state index is -3.67. The van der Waals surface area contributed by atoms with E-state index in [1.165, 1.54) is 36.1 Å². The van der Waals surface area contributed by atoms with Gasteiger partial charge in [-0.25, -0.2) is 22.8 Å². The molecule has 2 aromatic rings. The van der Waals surface area contributed by atoms with Gasteiger partial charge in [0, 0.05) is 48.8 Å². The molecule has 0 aliphatic carbocycles. The zero-order valence-electron chi connectivity index (χ0n) is 28.1. The first-order valence-electron chi connectivity index (χ1n) is 15.2. The molecule has 2 aromatic carbocycles. The van der Waals surface area contributed by atoms with Crippen LogP contribution in [0, 0.1) is 0 Å². The van der Waals surface area contributed by atoms with Crippen LogP contribution in [0.3, 0.4) is 0 Å². The van der Waals surface area contributed by atoms with E-state index in [4.69, 9.17) is 21.1 Å². The predicted molar refractivity (Wildman–Crippen MR) is 184 cm³/mol. The zero-order chi connectivity index (χ0) is 36.2. The molecule has 1 saturated heterocycles. The van der Waals surface area contributed by atoms with Crippen LogP contribution < -0.4 is 10.2 Å². The van der Waals surface area contributed by atoms with Crippen LogP contribution in [-0.2, 0) is 32.4 Å². The third-order valence-corrected chi connectivity index (χ3v) is 9.51. The summed E-state index contributed by atoms with van der Waals surface area (Å²) >= 11 is 9.63. The topological polar surface area (TPSA) is 163 Å². The highest BCUT2D eigenvalue weighted by Crippen LogP contribution is 2.34. The smallest absolute Gasteiger partial charge is 0.424 e. The summed E-state index contributed by atoms with van der Waals surface area (Å²) in [6, 6.07) is 7.36. The number of hydrogen-bond acceptors (Lipinski definition) is 9. The number of piperazine rings is 1.